The SMILES string of the molecule is CC1CC2=c3c(sc4c(N)nc(N)nc34)=NC(=O)C2(C)CN1C. The number of hydrogen-bond acceptors (Lipinski definition) is 7. The molecule has 120 valence electrons. The van der Waals surface area contributed by atoms with Gasteiger partial charge in [0.25, 0.3) is 5.91 Å². The van der Waals surface area contributed by atoms with Crippen LogP contribution in [-0.4, -0.2) is 40.4 Å². The molecule has 2 aliphatic heterocycles. The lowest BCUT2D eigenvalue weighted by Gasteiger charge is -2.43. The van der Waals surface area contributed by atoms with Crippen LogP contribution in [0.4, 0.5) is 11.8 Å². The van der Waals surface area contributed by atoms with Gasteiger partial charge in [-0.25, -0.2) is 9.98 Å². The van der Waals surface area contributed by atoms with Crippen molar-refractivity contribution >= 4 is 44.8 Å². The van der Waals surface area contributed by atoms with Crippen LogP contribution >= 0.6 is 11.3 Å². The van der Waals surface area contributed by atoms with Gasteiger partial charge in [0.15, 0.2) is 0 Å². The normalized spacial score (nSPS) is 27.7. The van der Waals surface area contributed by atoms with Gasteiger partial charge in [-0.2, -0.15) is 4.98 Å². The Labute approximate surface area is 136 Å². The van der Waals surface area contributed by atoms with Gasteiger partial charge in [-0.05, 0) is 32.9 Å². The molecule has 1 amide bonds. The Morgan fingerprint density at radius 2 is 2.09 bits per heavy atom. The van der Waals surface area contributed by atoms with E-state index in [9.17, 15) is 4.79 Å². The molecule has 4 heterocycles. The number of nitrogens with two attached hydrogens (primary N) is 2. The number of thiophene rings is 1. The van der Waals surface area contributed by atoms with Crippen LogP contribution in [0.2, 0.25) is 0 Å². The fraction of sp³-hybridized carbons (Fsp3) is 0.467. The predicted octanol–water partition coefficient (Wildman–Crippen LogP) is -0.103. The molecule has 0 saturated carbocycles. The van der Waals surface area contributed by atoms with Crippen molar-refractivity contribution in [2.24, 2.45) is 10.4 Å². The van der Waals surface area contributed by atoms with Gasteiger partial charge < -0.3 is 16.4 Å². The molecule has 2 unspecified atom stereocenters. The van der Waals surface area contributed by atoms with Crippen LogP contribution in [0, 0.1) is 5.41 Å². The van der Waals surface area contributed by atoms with E-state index in [0.717, 1.165) is 27.4 Å². The van der Waals surface area contributed by atoms with Crippen LogP contribution in [0.3, 0.4) is 0 Å². The molecule has 0 aromatic carbocycles. The summed E-state index contributed by atoms with van der Waals surface area (Å²) < 4.78 is 1.44. The molecule has 0 aliphatic carbocycles. The van der Waals surface area contributed by atoms with E-state index in [1.165, 1.54) is 11.3 Å². The van der Waals surface area contributed by atoms with Crippen LogP contribution < -0.4 is 21.4 Å². The summed E-state index contributed by atoms with van der Waals surface area (Å²) in [6, 6.07) is 0.350. The van der Waals surface area contributed by atoms with Crippen LogP contribution in [-0.2, 0) is 4.79 Å². The van der Waals surface area contributed by atoms with Crippen LogP contribution in [0.1, 0.15) is 20.3 Å². The Morgan fingerprint density at radius 1 is 1.35 bits per heavy atom. The van der Waals surface area contributed by atoms with Gasteiger partial charge in [-0.15, -0.1) is 11.3 Å². The average molecular weight is 330 g/mol. The minimum absolute atomic E-state index is 0.0928. The van der Waals surface area contributed by atoms with Crippen molar-refractivity contribution in [3.8, 4) is 0 Å². The Hall–Kier alpha value is -2.06. The quantitative estimate of drug-likeness (QED) is 0.698. The Kier molecular flexibility index (Phi) is 2.83. The minimum Gasteiger partial charge on any atom is -0.382 e. The second kappa shape index (κ2) is 4.48. The number of aromatic nitrogens is 2. The first-order valence-corrected chi connectivity index (χ1v) is 8.31. The van der Waals surface area contributed by atoms with Gasteiger partial charge in [0, 0.05) is 17.8 Å². The van der Waals surface area contributed by atoms with E-state index in [2.05, 4.69) is 26.8 Å². The average Bonchev–Trinajstić information content (AvgIpc) is 2.81. The first-order chi connectivity index (χ1) is 10.8. The van der Waals surface area contributed by atoms with Crippen molar-refractivity contribution < 1.29 is 4.79 Å². The molecule has 1 saturated heterocycles. The highest BCUT2D eigenvalue weighted by atomic mass is 32.1. The summed E-state index contributed by atoms with van der Waals surface area (Å²) in [7, 11) is 2.04. The summed E-state index contributed by atoms with van der Waals surface area (Å²) >= 11 is 1.37. The zero-order valence-corrected chi connectivity index (χ0v) is 14.1. The summed E-state index contributed by atoms with van der Waals surface area (Å²) in [5.41, 5.74) is 13.0. The van der Waals surface area contributed by atoms with Gasteiger partial charge in [0.05, 0.1) is 15.6 Å². The van der Waals surface area contributed by atoms with Gasteiger partial charge in [-0.3, -0.25) is 4.79 Å². The number of carbonyl (C=O) groups is 1. The maximum Gasteiger partial charge on any atom is 0.258 e. The molecule has 23 heavy (non-hydrogen) atoms. The number of amides is 1. The van der Waals surface area contributed by atoms with Crippen molar-refractivity contribution in [1.82, 2.24) is 14.9 Å². The standard InChI is InChI=1S/C15H18N6OS/c1-6-4-7-8-9-10(11(16)19-14(17)18-9)23-12(8)20-13(22)15(7,2)5-21(6)3/h6H,4-5H2,1-3H3,(H4,16,17,18,19). The molecule has 0 spiro atoms. The van der Waals surface area contributed by atoms with E-state index in [0.29, 0.717) is 23.1 Å². The highest BCUT2D eigenvalue weighted by Crippen LogP contribution is 2.40. The third-order valence-electron chi connectivity index (χ3n) is 5.02. The van der Waals surface area contributed by atoms with E-state index in [1.807, 2.05) is 14.0 Å². The van der Waals surface area contributed by atoms with Crippen LogP contribution in [0.25, 0.3) is 15.8 Å². The number of carbonyl (C=O) groups excluding carboxylic acids is 1. The molecule has 4 rings (SSSR count). The van der Waals surface area contributed by atoms with Gasteiger partial charge in [0.2, 0.25) is 5.95 Å². The lowest BCUT2D eigenvalue weighted by molar-refractivity contribution is -0.126. The number of anilines is 2. The van der Waals surface area contributed by atoms with Crippen molar-refractivity contribution in [2.75, 3.05) is 25.1 Å². The molecule has 0 radical (unpaired) electrons. The first-order valence-electron chi connectivity index (χ1n) is 7.50. The Bertz CT molecular complexity index is 980. The summed E-state index contributed by atoms with van der Waals surface area (Å²) in [6.07, 6.45) is 0.802. The minimum atomic E-state index is -0.614. The fourth-order valence-corrected chi connectivity index (χ4v) is 4.61. The molecular weight excluding hydrogens is 312 g/mol. The molecule has 1 fully saturated rings. The summed E-state index contributed by atoms with van der Waals surface area (Å²) in [4.78, 5) is 27.7. The zero-order valence-electron chi connectivity index (χ0n) is 13.3. The van der Waals surface area contributed by atoms with E-state index in [-0.39, 0.29) is 11.9 Å². The molecule has 2 aromatic rings. The summed E-state index contributed by atoms with van der Waals surface area (Å²) in [5, 5.41) is 0.938. The van der Waals surface area contributed by atoms with Gasteiger partial charge in [0.1, 0.15) is 10.5 Å². The predicted molar refractivity (Wildman–Crippen MR) is 90.3 cm³/mol. The van der Waals surface area contributed by atoms with Gasteiger partial charge in [-0.1, -0.05) is 0 Å². The molecule has 2 aliphatic rings. The number of piperidine rings is 1. The monoisotopic (exact) mass is 330 g/mol. The summed E-state index contributed by atoms with van der Waals surface area (Å²) in [5.74, 6) is 0.401. The van der Waals surface area contributed by atoms with Crippen molar-refractivity contribution in [1.29, 1.82) is 0 Å². The van der Waals surface area contributed by atoms with Crippen molar-refractivity contribution in [3.63, 3.8) is 0 Å². The van der Waals surface area contributed by atoms with Gasteiger partial charge >= 0.3 is 0 Å². The largest absolute Gasteiger partial charge is 0.382 e. The molecule has 7 nitrogen and oxygen atoms in total. The third-order valence-corrected chi connectivity index (χ3v) is 6.11. The highest BCUT2D eigenvalue weighted by Gasteiger charge is 2.45. The number of hydrogen-bond donors (Lipinski definition) is 2. The van der Waals surface area contributed by atoms with E-state index < -0.39 is 5.41 Å². The van der Waals surface area contributed by atoms with Crippen molar-refractivity contribution in [2.45, 2.75) is 26.3 Å². The second-order valence-electron chi connectivity index (χ2n) is 6.62. The Morgan fingerprint density at radius 3 is 2.83 bits per heavy atom. The number of fused-ring (bicyclic) bond motifs is 4. The number of nitrogen functional groups attached to an aromatic ring is 2. The van der Waals surface area contributed by atoms with E-state index in [1.54, 1.807) is 0 Å². The Balaban J connectivity index is 2.18. The number of likely N-dealkylation sites (tertiary alicyclic amines) is 1. The molecule has 0 bridgehead atoms. The van der Waals surface area contributed by atoms with Crippen molar-refractivity contribution in [3.05, 3.63) is 9.89 Å². The van der Waals surface area contributed by atoms with Crippen LogP contribution in [0.15, 0.2) is 4.99 Å². The van der Waals surface area contributed by atoms with Crippen LogP contribution in [0.5, 0.6) is 0 Å². The molecule has 2 atom stereocenters. The number of rotatable bonds is 0. The maximum absolute atomic E-state index is 12.7. The molecule has 8 heteroatoms. The lowest BCUT2D eigenvalue weighted by atomic mass is 9.73. The topological polar surface area (TPSA) is 110 Å². The highest BCUT2D eigenvalue weighted by molar-refractivity contribution is 7.17. The zero-order chi connectivity index (χ0) is 16.5. The smallest absolute Gasteiger partial charge is 0.258 e. The lowest BCUT2D eigenvalue weighted by Crippen LogP contribution is -2.53. The molecule has 2 aromatic heterocycles. The second-order valence-corrected chi connectivity index (χ2v) is 7.62. The fourth-order valence-electron chi connectivity index (χ4n) is 3.57. The third kappa shape index (κ3) is 1.85. The number of nitrogens with zero attached hydrogens (tertiary/aromatic N) is 4. The molecular formula is C15H18N6OS. The first kappa shape index (κ1) is 14.5. The van der Waals surface area contributed by atoms with E-state index in [4.69, 9.17) is 11.5 Å². The molecule has 4 N–H and O–H groups in total. The maximum atomic E-state index is 12.7. The summed E-state index contributed by atoms with van der Waals surface area (Å²) in [6.45, 7) is 4.78. The van der Waals surface area contributed by atoms with E-state index >= 15 is 0 Å².